The number of benzene rings is 3. The van der Waals surface area contributed by atoms with Crippen LogP contribution in [0.4, 0.5) is 11.4 Å². The number of halogens is 1. The molecule has 1 N–H and O–H groups in total. The Morgan fingerprint density at radius 3 is 2.41 bits per heavy atom. The molecule has 4 rings (SSSR count). The van der Waals surface area contributed by atoms with E-state index in [2.05, 4.69) is 19.2 Å². The van der Waals surface area contributed by atoms with Gasteiger partial charge in [0.15, 0.2) is 5.76 Å². The number of carbonyl (C=O) groups excluding carboxylic acids is 1. The summed E-state index contributed by atoms with van der Waals surface area (Å²) < 4.78 is 17.1. The highest BCUT2D eigenvalue weighted by Gasteiger charge is 2.17. The molecule has 1 aromatic heterocycles. The van der Waals surface area contributed by atoms with Crippen LogP contribution in [0.3, 0.4) is 0 Å². The number of nitrogens with one attached hydrogen (secondary N) is 1. The van der Waals surface area contributed by atoms with Crippen molar-refractivity contribution in [1.82, 2.24) is 0 Å². The molecule has 0 fully saturated rings. The number of non-ortho nitro benzene ring substituents is 1. The summed E-state index contributed by atoms with van der Waals surface area (Å²) in [4.78, 5) is 23.6. The molecule has 0 bridgehead atoms. The van der Waals surface area contributed by atoms with Gasteiger partial charge < -0.3 is 19.2 Å². The van der Waals surface area contributed by atoms with Crippen molar-refractivity contribution in [2.75, 3.05) is 5.32 Å². The molecule has 0 saturated heterocycles. The molecule has 0 saturated carbocycles. The molecule has 0 atom stereocenters. The number of carbonyl (C=O) groups is 1. The van der Waals surface area contributed by atoms with Gasteiger partial charge in [0.1, 0.15) is 29.6 Å². The maximum atomic E-state index is 12.8. The topological polar surface area (TPSA) is 104 Å². The number of nitro benzene ring substituents is 1. The molecule has 37 heavy (non-hydrogen) atoms. The minimum atomic E-state index is -0.568. The fourth-order valence-corrected chi connectivity index (χ4v) is 3.63. The summed E-state index contributed by atoms with van der Waals surface area (Å²) in [6.45, 7) is 6.20. The average Bonchev–Trinajstić information content (AvgIpc) is 3.34. The Kier molecular flexibility index (Phi) is 7.79. The molecule has 190 valence electrons. The van der Waals surface area contributed by atoms with Crippen molar-refractivity contribution >= 4 is 28.9 Å². The molecule has 0 aliphatic carbocycles. The van der Waals surface area contributed by atoms with Crippen LogP contribution < -0.4 is 14.8 Å². The van der Waals surface area contributed by atoms with Crippen LogP contribution in [0.15, 0.2) is 77.2 Å². The van der Waals surface area contributed by atoms with E-state index in [4.69, 9.17) is 25.5 Å². The van der Waals surface area contributed by atoms with E-state index in [-0.39, 0.29) is 29.5 Å². The summed E-state index contributed by atoms with van der Waals surface area (Å²) in [5.41, 5.74) is 1.94. The van der Waals surface area contributed by atoms with Gasteiger partial charge in [-0.2, -0.15) is 0 Å². The average molecular weight is 521 g/mol. The summed E-state index contributed by atoms with van der Waals surface area (Å²) in [6, 6.07) is 20.0. The van der Waals surface area contributed by atoms with E-state index in [1.54, 1.807) is 24.3 Å². The monoisotopic (exact) mass is 520 g/mol. The van der Waals surface area contributed by atoms with Gasteiger partial charge in [0.05, 0.1) is 16.7 Å². The van der Waals surface area contributed by atoms with Gasteiger partial charge in [-0.05, 0) is 66.4 Å². The number of rotatable bonds is 9. The number of anilines is 1. The van der Waals surface area contributed by atoms with E-state index in [1.165, 1.54) is 29.8 Å². The van der Waals surface area contributed by atoms with E-state index >= 15 is 0 Å². The summed E-state index contributed by atoms with van der Waals surface area (Å²) in [7, 11) is 0. The van der Waals surface area contributed by atoms with Crippen molar-refractivity contribution in [1.29, 1.82) is 0 Å². The van der Waals surface area contributed by atoms with E-state index in [9.17, 15) is 14.9 Å². The number of hydrogen-bond donors (Lipinski definition) is 1. The van der Waals surface area contributed by atoms with E-state index in [0.717, 1.165) is 5.56 Å². The van der Waals surface area contributed by atoms with Crippen LogP contribution in [0, 0.1) is 17.0 Å². The largest absolute Gasteiger partial charge is 0.486 e. The zero-order chi connectivity index (χ0) is 26.5. The third kappa shape index (κ3) is 6.68. The van der Waals surface area contributed by atoms with Gasteiger partial charge in [-0.1, -0.05) is 37.6 Å². The third-order valence-corrected chi connectivity index (χ3v) is 5.96. The number of nitrogens with zero attached hydrogens (tertiary/aromatic N) is 1. The van der Waals surface area contributed by atoms with Crippen molar-refractivity contribution in [2.24, 2.45) is 0 Å². The molecule has 0 radical (unpaired) electrons. The predicted molar refractivity (Wildman–Crippen MR) is 141 cm³/mol. The lowest BCUT2D eigenvalue weighted by molar-refractivity contribution is -0.384. The first-order valence-electron chi connectivity index (χ1n) is 11.5. The van der Waals surface area contributed by atoms with Crippen LogP contribution in [0.2, 0.25) is 5.02 Å². The van der Waals surface area contributed by atoms with Gasteiger partial charge in [0.2, 0.25) is 0 Å². The van der Waals surface area contributed by atoms with Crippen molar-refractivity contribution in [3.8, 4) is 17.2 Å². The maximum absolute atomic E-state index is 12.8. The van der Waals surface area contributed by atoms with Crippen LogP contribution in [-0.4, -0.2) is 10.8 Å². The quantitative estimate of drug-likeness (QED) is 0.178. The molecule has 0 aliphatic rings. The Bertz CT molecular complexity index is 1430. The first kappa shape index (κ1) is 25.8. The molecule has 0 spiro atoms. The zero-order valence-electron chi connectivity index (χ0n) is 20.5. The van der Waals surface area contributed by atoms with Crippen molar-refractivity contribution < 1.29 is 23.6 Å². The Hall–Kier alpha value is -4.30. The molecular formula is C28H25ClN2O6. The molecule has 9 heteroatoms. The molecule has 0 aliphatic heterocycles. The second-order valence-electron chi connectivity index (χ2n) is 8.72. The summed E-state index contributed by atoms with van der Waals surface area (Å²) in [5, 5.41) is 14.6. The van der Waals surface area contributed by atoms with Gasteiger partial charge in [0, 0.05) is 17.2 Å². The van der Waals surface area contributed by atoms with E-state index in [0.29, 0.717) is 28.2 Å². The number of hydrogen-bond acceptors (Lipinski definition) is 6. The number of ether oxygens (including phenoxy) is 2. The second-order valence-corrected chi connectivity index (χ2v) is 9.13. The van der Waals surface area contributed by atoms with Gasteiger partial charge in [0.25, 0.3) is 11.6 Å². The first-order valence-corrected chi connectivity index (χ1v) is 11.9. The fourth-order valence-electron chi connectivity index (χ4n) is 3.51. The Morgan fingerprint density at radius 2 is 1.73 bits per heavy atom. The minimum Gasteiger partial charge on any atom is -0.486 e. The lowest BCUT2D eigenvalue weighted by Gasteiger charge is -2.10. The SMILES string of the molecule is Cc1cc(Oc2cc(NC(=O)c3ccc(COc4ccc(C(C)C)cc4)o3)cc([N+](=O)[O-])c2)ccc1Cl. The Balaban J connectivity index is 1.44. The summed E-state index contributed by atoms with van der Waals surface area (Å²) >= 11 is 6.05. The predicted octanol–water partition coefficient (Wildman–Crippen LogP) is 7.90. The molecule has 1 amide bonds. The van der Waals surface area contributed by atoms with Crippen molar-refractivity contribution in [3.63, 3.8) is 0 Å². The fraction of sp³-hybridized carbons (Fsp3) is 0.179. The minimum absolute atomic E-state index is 0.0380. The zero-order valence-corrected chi connectivity index (χ0v) is 21.2. The molecule has 1 heterocycles. The standard InChI is InChI=1S/C28H25ClN2O6/c1-17(2)19-4-6-22(7-5-19)35-16-24-9-11-27(37-24)28(32)30-20-13-21(31(33)34)15-25(14-20)36-23-8-10-26(29)18(3)12-23/h4-15,17H,16H2,1-3H3,(H,30,32). The lowest BCUT2D eigenvalue weighted by Crippen LogP contribution is -2.11. The molecule has 8 nitrogen and oxygen atoms in total. The molecular weight excluding hydrogens is 496 g/mol. The molecule has 0 unspecified atom stereocenters. The van der Waals surface area contributed by atoms with Crippen molar-refractivity contribution in [2.45, 2.75) is 33.3 Å². The molecule has 4 aromatic rings. The van der Waals surface area contributed by atoms with Crippen LogP contribution in [-0.2, 0) is 6.61 Å². The van der Waals surface area contributed by atoms with Crippen LogP contribution in [0.25, 0.3) is 0 Å². The van der Waals surface area contributed by atoms with Gasteiger partial charge >= 0.3 is 0 Å². The Morgan fingerprint density at radius 1 is 1.00 bits per heavy atom. The summed E-state index contributed by atoms with van der Waals surface area (Å²) in [5.74, 6) is 1.68. The highest BCUT2D eigenvalue weighted by molar-refractivity contribution is 6.31. The Labute approximate surface area is 218 Å². The van der Waals surface area contributed by atoms with Crippen LogP contribution in [0.1, 0.15) is 47.2 Å². The lowest BCUT2D eigenvalue weighted by atomic mass is 10.0. The van der Waals surface area contributed by atoms with E-state index < -0.39 is 10.8 Å². The molecule has 3 aromatic carbocycles. The van der Waals surface area contributed by atoms with Gasteiger partial charge in [-0.25, -0.2) is 0 Å². The third-order valence-electron chi connectivity index (χ3n) is 5.54. The van der Waals surface area contributed by atoms with Crippen LogP contribution >= 0.6 is 11.6 Å². The van der Waals surface area contributed by atoms with Crippen molar-refractivity contribution in [3.05, 3.63) is 111 Å². The maximum Gasteiger partial charge on any atom is 0.291 e. The number of furan rings is 1. The number of aryl methyl sites for hydroxylation is 1. The van der Waals surface area contributed by atoms with Crippen LogP contribution in [0.5, 0.6) is 17.2 Å². The second kappa shape index (κ2) is 11.2. The van der Waals surface area contributed by atoms with Gasteiger partial charge in [-0.15, -0.1) is 0 Å². The highest BCUT2D eigenvalue weighted by Crippen LogP contribution is 2.31. The first-order chi connectivity index (χ1) is 17.7. The highest BCUT2D eigenvalue weighted by atomic mass is 35.5. The normalized spacial score (nSPS) is 10.8. The van der Waals surface area contributed by atoms with E-state index in [1.807, 2.05) is 31.2 Å². The summed E-state index contributed by atoms with van der Waals surface area (Å²) in [6.07, 6.45) is 0. The van der Waals surface area contributed by atoms with Gasteiger partial charge in [-0.3, -0.25) is 14.9 Å². The smallest absolute Gasteiger partial charge is 0.291 e. The number of nitro groups is 1. The number of amides is 1.